The number of rotatable bonds is 6. The number of methoxy groups -OCH3 is 1. The van der Waals surface area contributed by atoms with Crippen LogP contribution in [0.25, 0.3) is 0 Å². The first-order valence-electron chi connectivity index (χ1n) is 8.13. The highest BCUT2D eigenvalue weighted by atomic mass is 32.2. The Morgan fingerprint density at radius 1 is 1.04 bits per heavy atom. The molecule has 9 heteroatoms. The lowest BCUT2D eigenvalue weighted by Crippen LogP contribution is -2.15. The normalized spacial score (nSPS) is 11.3. The molecule has 0 spiro atoms. The summed E-state index contributed by atoms with van der Waals surface area (Å²) in [7, 11) is -2.39. The second-order valence-electron chi connectivity index (χ2n) is 6.07. The van der Waals surface area contributed by atoms with Crippen LogP contribution in [-0.2, 0) is 10.0 Å². The number of hydrogen-bond donors (Lipinski definition) is 2. The molecule has 2 N–H and O–H groups in total. The van der Waals surface area contributed by atoms with E-state index in [1.165, 1.54) is 13.3 Å². The summed E-state index contributed by atoms with van der Waals surface area (Å²) in [5.74, 6) is 1.99. The minimum absolute atomic E-state index is 0.0772. The van der Waals surface area contributed by atoms with Gasteiger partial charge in [0.05, 0.1) is 19.0 Å². The number of aromatic nitrogens is 2. The van der Waals surface area contributed by atoms with Crippen molar-refractivity contribution in [2.75, 3.05) is 17.1 Å². The zero-order valence-corrected chi connectivity index (χ0v) is 16.2. The fourth-order valence-electron chi connectivity index (χ4n) is 2.43. The Labute approximate surface area is 157 Å². The number of sulfonamides is 1. The molecule has 0 bridgehead atoms. The Kier molecular flexibility index (Phi) is 5.04. The van der Waals surface area contributed by atoms with E-state index < -0.39 is 10.0 Å². The van der Waals surface area contributed by atoms with Crippen molar-refractivity contribution in [2.24, 2.45) is 0 Å². The highest BCUT2D eigenvalue weighted by Crippen LogP contribution is 2.29. The van der Waals surface area contributed by atoms with E-state index in [-0.39, 0.29) is 4.90 Å². The molecule has 2 aromatic heterocycles. The Hall–Kier alpha value is -3.07. The van der Waals surface area contributed by atoms with Crippen LogP contribution in [0.2, 0.25) is 0 Å². The van der Waals surface area contributed by atoms with Crippen molar-refractivity contribution in [1.82, 2.24) is 10.1 Å². The van der Waals surface area contributed by atoms with E-state index in [0.29, 0.717) is 28.8 Å². The molecule has 0 aliphatic rings. The standard InChI is InChI=1S/C18H20N4O4S/c1-11-7-15(25-4)16(8-12(11)2)27(23,24)22-14-5-6-17(19-10-14)20-18-9-13(3)26-21-18/h5-10,22H,1-4H3,(H,19,20,21). The second kappa shape index (κ2) is 7.28. The lowest BCUT2D eigenvalue weighted by Gasteiger charge is -2.14. The first-order valence-corrected chi connectivity index (χ1v) is 9.61. The van der Waals surface area contributed by atoms with Gasteiger partial charge in [0.1, 0.15) is 22.2 Å². The molecule has 0 saturated heterocycles. The SMILES string of the molecule is COc1cc(C)c(C)cc1S(=O)(=O)Nc1ccc(Nc2cc(C)on2)nc1. The summed E-state index contributed by atoms with van der Waals surface area (Å²) in [4.78, 5) is 4.26. The van der Waals surface area contributed by atoms with Gasteiger partial charge in [-0.25, -0.2) is 13.4 Å². The Morgan fingerprint density at radius 3 is 2.37 bits per heavy atom. The number of aryl methyl sites for hydroxylation is 3. The lowest BCUT2D eigenvalue weighted by atomic mass is 10.1. The van der Waals surface area contributed by atoms with Crippen molar-refractivity contribution in [3.8, 4) is 5.75 Å². The largest absolute Gasteiger partial charge is 0.495 e. The molecule has 8 nitrogen and oxygen atoms in total. The van der Waals surface area contributed by atoms with E-state index in [0.717, 1.165) is 11.1 Å². The van der Waals surface area contributed by atoms with Gasteiger partial charge in [-0.2, -0.15) is 0 Å². The number of ether oxygens (including phenoxy) is 1. The topological polar surface area (TPSA) is 106 Å². The predicted molar refractivity (Wildman–Crippen MR) is 102 cm³/mol. The molecule has 0 unspecified atom stereocenters. The van der Waals surface area contributed by atoms with Crippen molar-refractivity contribution in [3.63, 3.8) is 0 Å². The first-order chi connectivity index (χ1) is 12.8. The maximum Gasteiger partial charge on any atom is 0.265 e. The summed E-state index contributed by atoms with van der Waals surface area (Å²) >= 11 is 0. The van der Waals surface area contributed by atoms with Crippen LogP contribution in [-0.4, -0.2) is 25.7 Å². The maximum atomic E-state index is 12.8. The van der Waals surface area contributed by atoms with Gasteiger partial charge < -0.3 is 14.6 Å². The number of nitrogens with one attached hydrogen (secondary N) is 2. The summed E-state index contributed by atoms with van der Waals surface area (Å²) in [5, 5.41) is 6.78. The third kappa shape index (κ3) is 4.20. The monoisotopic (exact) mass is 388 g/mol. The van der Waals surface area contributed by atoms with Crippen LogP contribution in [0, 0.1) is 20.8 Å². The van der Waals surface area contributed by atoms with E-state index in [4.69, 9.17) is 9.26 Å². The van der Waals surface area contributed by atoms with Crippen LogP contribution in [0.5, 0.6) is 5.75 Å². The summed E-state index contributed by atoms with van der Waals surface area (Å²) in [5.41, 5.74) is 2.14. The molecule has 0 radical (unpaired) electrons. The van der Waals surface area contributed by atoms with Crippen molar-refractivity contribution >= 4 is 27.3 Å². The van der Waals surface area contributed by atoms with Crippen molar-refractivity contribution < 1.29 is 17.7 Å². The molecular weight excluding hydrogens is 368 g/mol. The molecule has 0 aliphatic heterocycles. The van der Waals surface area contributed by atoms with Gasteiger partial charge >= 0.3 is 0 Å². The highest BCUT2D eigenvalue weighted by Gasteiger charge is 2.21. The molecule has 0 saturated carbocycles. The summed E-state index contributed by atoms with van der Waals surface area (Å²) in [6.45, 7) is 5.53. The second-order valence-corrected chi connectivity index (χ2v) is 7.72. The molecule has 0 atom stereocenters. The van der Waals surface area contributed by atoms with Gasteiger partial charge in [-0.05, 0) is 56.2 Å². The maximum absolute atomic E-state index is 12.8. The highest BCUT2D eigenvalue weighted by molar-refractivity contribution is 7.92. The van der Waals surface area contributed by atoms with E-state index in [1.54, 1.807) is 37.3 Å². The van der Waals surface area contributed by atoms with E-state index in [9.17, 15) is 8.42 Å². The van der Waals surface area contributed by atoms with Crippen LogP contribution in [0.15, 0.2) is 45.9 Å². The van der Waals surface area contributed by atoms with E-state index >= 15 is 0 Å². The van der Waals surface area contributed by atoms with Gasteiger partial charge in [0.2, 0.25) is 0 Å². The lowest BCUT2D eigenvalue weighted by molar-refractivity contribution is 0.400. The zero-order valence-electron chi connectivity index (χ0n) is 15.4. The van der Waals surface area contributed by atoms with Crippen molar-refractivity contribution in [2.45, 2.75) is 25.7 Å². The minimum atomic E-state index is -3.83. The van der Waals surface area contributed by atoms with Gasteiger partial charge in [0, 0.05) is 6.07 Å². The summed E-state index contributed by atoms with van der Waals surface area (Å²) in [6.07, 6.45) is 1.42. The smallest absolute Gasteiger partial charge is 0.265 e. The van der Waals surface area contributed by atoms with Crippen LogP contribution in [0.1, 0.15) is 16.9 Å². The summed E-state index contributed by atoms with van der Waals surface area (Å²) < 4.78 is 38.3. The third-order valence-electron chi connectivity index (χ3n) is 3.97. The van der Waals surface area contributed by atoms with Crippen LogP contribution in [0.3, 0.4) is 0 Å². The van der Waals surface area contributed by atoms with Crippen LogP contribution < -0.4 is 14.8 Å². The Morgan fingerprint density at radius 2 is 1.78 bits per heavy atom. The van der Waals surface area contributed by atoms with Crippen molar-refractivity contribution in [1.29, 1.82) is 0 Å². The number of benzene rings is 1. The molecule has 27 heavy (non-hydrogen) atoms. The first kappa shape index (κ1) is 18.7. The van der Waals surface area contributed by atoms with Gasteiger partial charge in [-0.15, -0.1) is 0 Å². The number of anilines is 3. The molecule has 142 valence electrons. The zero-order chi connectivity index (χ0) is 19.6. The Bertz CT molecular complexity index is 1060. The molecule has 3 aromatic rings. The Balaban J connectivity index is 1.81. The van der Waals surface area contributed by atoms with Gasteiger partial charge in [0.15, 0.2) is 5.82 Å². The average Bonchev–Trinajstić information content (AvgIpc) is 3.03. The molecule has 0 amide bonds. The fourth-order valence-corrected chi connectivity index (χ4v) is 3.71. The van der Waals surface area contributed by atoms with E-state index in [1.807, 2.05) is 13.8 Å². The van der Waals surface area contributed by atoms with Gasteiger partial charge in [0.25, 0.3) is 10.0 Å². The number of hydrogen-bond acceptors (Lipinski definition) is 7. The van der Waals surface area contributed by atoms with E-state index in [2.05, 4.69) is 20.2 Å². The summed E-state index contributed by atoms with van der Waals surface area (Å²) in [6, 6.07) is 8.26. The molecule has 2 heterocycles. The molecule has 3 rings (SSSR count). The van der Waals surface area contributed by atoms with Crippen LogP contribution in [0.4, 0.5) is 17.3 Å². The van der Waals surface area contributed by atoms with Gasteiger partial charge in [-0.1, -0.05) is 5.16 Å². The third-order valence-corrected chi connectivity index (χ3v) is 5.37. The minimum Gasteiger partial charge on any atom is -0.495 e. The molecular formula is C18H20N4O4S. The quantitative estimate of drug-likeness (QED) is 0.665. The molecule has 1 aromatic carbocycles. The van der Waals surface area contributed by atoms with Gasteiger partial charge in [-0.3, -0.25) is 4.72 Å². The predicted octanol–water partition coefficient (Wildman–Crippen LogP) is 3.55. The van der Waals surface area contributed by atoms with Crippen LogP contribution >= 0.6 is 0 Å². The average molecular weight is 388 g/mol. The van der Waals surface area contributed by atoms with Crippen molar-refractivity contribution in [3.05, 3.63) is 53.4 Å². The fraction of sp³-hybridized carbons (Fsp3) is 0.222. The number of nitrogens with zero attached hydrogens (tertiary/aromatic N) is 2. The number of pyridine rings is 1. The molecule has 0 aliphatic carbocycles. The molecule has 0 fully saturated rings.